The largest absolute Gasteiger partial charge is 0.385 e. The van der Waals surface area contributed by atoms with Gasteiger partial charge in [0.25, 0.3) is 0 Å². The summed E-state index contributed by atoms with van der Waals surface area (Å²) in [6.45, 7) is 3.05. The Morgan fingerprint density at radius 3 is 3.11 bits per heavy atom. The lowest BCUT2D eigenvalue weighted by Gasteiger charge is -2.25. The Morgan fingerprint density at radius 2 is 2.26 bits per heavy atom. The zero-order chi connectivity index (χ0) is 13.5. The minimum absolute atomic E-state index is 0.0626. The number of nitrogens with one attached hydrogen (secondary N) is 2. The summed E-state index contributed by atoms with van der Waals surface area (Å²) in [5.74, 6) is 0.0597. The second-order valence-electron chi connectivity index (χ2n) is 4.87. The van der Waals surface area contributed by atoms with Crippen LogP contribution in [0.4, 0.5) is 0 Å². The molecule has 1 aromatic carbocycles. The van der Waals surface area contributed by atoms with Crippen LogP contribution in [-0.2, 0) is 16.1 Å². The third-order valence-corrected chi connectivity index (χ3v) is 3.49. The van der Waals surface area contributed by atoms with Gasteiger partial charge in [0.1, 0.15) is 0 Å². The van der Waals surface area contributed by atoms with Gasteiger partial charge < -0.3 is 15.4 Å². The average molecular weight is 262 g/mol. The van der Waals surface area contributed by atoms with E-state index in [0.717, 1.165) is 44.6 Å². The fraction of sp³-hybridized carbons (Fsp3) is 0.533. The molecule has 2 N–H and O–H groups in total. The molecular weight excluding hydrogens is 240 g/mol. The van der Waals surface area contributed by atoms with Gasteiger partial charge in [0, 0.05) is 33.4 Å². The van der Waals surface area contributed by atoms with Crippen LogP contribution < -0.4 is 10.6 Å². The number of fused-ring (bicyclic) bond motifs is 1. The maximum absolute atomic E-state index is 12.2. The first-order valence-corrected chi connectivity index (χ1v) is 6.88. The molecule has 4 heteroatoms. The van der Waals surface area contributed by atoms with E-state index >= 15 is 0 Å². The van der Waals surface area contributed by atoms with Crippen LogP contribution >= 0.6 is 0 Å². The maximum atomic E-state index is 12.2. The predicted octanol–water partition coefficient (Wildman–Crippen LogP) is 1.42. The molecule has 0 saturated carbocycles. The van der Waals surface area contributed by atoms with Gasteiger partial charge in [0.2, 0.25) is 5.91 Å². The van der Waals surface area contributed by atoms with Crippen molar-refractivity contribution in [3.8, 4) is 0 Å². The van der Waals surface area contributed by atoms with Crippen LogP contribution in [0.5, 0.6) is 0 Å². The highest BCUT2D eigenvalue weighted by Crippen LogP contribution is 2.23. The van der Waals surface area contributed by atoms with Crippen LogP contribution in [0.15, 0.2) is 24.3 Å². The fourth-order valence-electron chi connectivity index (χ4n) is 2.44. The SMILES string of the molecule is COCCCCNC(=O)C1CNCc2ccccc21. The fourth-order valence-corrected chi connectivity index (χ4v) is 2.44. The molecule has 0 fully saturated rings. The van der Waals surface area contributed by atoms with Crippen LogP contribution in [0.25, 0.3) is 0 Å². The first-order valence-electron chi connectivity index (χ1n) is 6.88. The number of carbonyl (C=O) groups excluding carboxylic acids is 1. The second kappa shape index (κ2) is 7.26. The van der Waals surface area contributed by atoms with Crippen molar-refractivity contribution in [3.05, 3.63) is 35.4 Å². The molecule has 1 aliphatic rings. The summed E-state index contributed by atoms with van der Waals surface area (Å²) in [5, 5.41) is 6.32. The molecule has 1 aromatic rings. The van der Waals surface area contributed by atoms with E-state index in [1.54, 1.807) is 7.11 Å². The number of carbonyl (C=O) groups is 1. The monoisotopic (exact) mass is 262 g/mol. The molecule has 1 atom stereocenters. The maximum Gasteiger partial charge on any atom is 0.228 e. The first kappa shape index (κ1) is 14.0. The lowest BCUT2D eigenvalue weighted by molar-refractivity contribution is -0.122. The standard InChI is InChI=1S/C15H22N2O2/c1-19-9-5-4-8-17-15(18)14-11-16-10-12-6-2-3-7-13(12)14/h2-3,6-7,14,16H,4-5,8-11H2,1H3,(H,17,18). The zero-order valence-electron chi connectivity index (χ0n) is 11.4. The molecule has 1 heterocycles. The van der Waals surface area contributed by atoms with Crippen molar-refractivity contribution >= 4 is 5.91 Å². The topological polar surface area (TPSA) is 50.4 Å². The summed E-state index contributed by atoms with van der Waals surface area (Å²) >= 11 is 0. The van der Waals surface area contributed by atoms with E-state index in [2.05, 4.69) is 22.8 Å². The Hall–Kier alpha value is -1.39. The van der Waals surface area contributed by atoms with Crippen molar-refractivity contribution in [2.75, 3.05) is 26.8 Å². The molecule has 0 aromatic heterocycles. The van der Waals surface area contributed by atoms with Gasteiger partial charge in [-0.05, 0) is 24.0 Å². The van der Waals surface area contributed by atoms with E-state index in [0.29, 0.717) is 0 Å². The van der Waals surface area contributed by atoms with E-state index in [1.807, 2.05) is 12.1 Å². The van der Waals surface area contributed by atoms with Crippen LogP contribution in [0.2, 0.25) is 0 Å². The summed E-state index contributed by atoms with van der Waals surface area (Å²) in [7, 11) is 1.70. The van der Waals surface area contributed by atoms with Crippen molar-refractivity contribution in [3.63, 3.8) is 0 Å². The Bertz CT molecular complexity index is 420. The molecule has 19 heavy (non-hydrogen) atoms. The Balaban J connectivity index is 1.86. The molecule has 1 aliphatic heterocycles. The zero-order valence-corrected chi connectivity index (χ0v) is 11.4. The number of hydrogen-bond donors (Lipinski definition) is 2. The number of amides is 1. The van der Waals surface area contributed by atoms with Gasteiger partial charge >= 0.3 is 0 Å². The van der Waals surface area contributed by atoms with Crippen molar-refractivity contribution < 1.29 is 9.53 Å². The normalized spacial score (nSPS) is 17.8. The lowest BCUT2D eigenvalue weighted by Crippen LogP contribution is -2.39. The minimum atomic E-state index is -0.0626. The molecule has 2 rings (SSSR count). The highest BCUT2D eigenvalue weighted by molar-refractivity contribution is 5.84. The molecule has 0 bridgehead atoms. The van der Waals surface area contributed by atoms with Gasteiger partial charge in [0.05, 0.1) is 5.92 Å². The number of hydrogen-bond acceptors (Lipinski definition) is 3. The van der Waals surface area contributed by atoms with Crippen LogP contribution in [0.3, 0.4) is 0 Å². The number of ether oxygens (including phenoxy) is 1. The third-order valence-electron chi connectivity index (χ3n) is 3.49. The molecule has 1 amide bonds. The molecule has 104 valence electrons. The van der Waals surface area contributed by atoms with Gasteiger partial charge in [-0.15, -0.1) is 0 Å². The molecule has 0 saturated heterocycles. The predicted molar refractivity (Wildman–Crippen MR) is 75.0 cm³/mol. The number of unbranched alkanes of at least 4 members (excludes halogenated alkanes) is 1. The van der Waals surface area contributed by atoms with Crippen molar-refractivity contribution in [2.24, 2.45) is 0 Å². The number of benzene rings is 1. The average Bonchev–Trinajstić information content (AvgIpc) is 2.46. The van der Waals surface area contributed by atoms with E-state index in [9.17, 15) is 4.79 Å². The van der Waals surface area contributed by atoms with E-state index < -0.39 is 0 Å². The lowest BCUT2D eigenvalue weighted by atomic mass is 9.90. The molecule has 0 spiro atoms. The van der Waals surface area contributed by atoms with E-state index in [4.69, 9.17) is 4.74 Å². The van der Waals surface area contributed by atoms with Crippen LogP contribution in [0, 0.1) is 0 Å². The Kier molecular flexibility index (Phi) is 5.36. The summed E-state index contributed by atoms with van der Waals surface area (Å²) < 4.78 is 4.99. The summed E-state index contributed by atoms with van der Waals surface area (Å²) in [6.07, 6.45) is 1.94. The van der Waals surface area contributed by atoms with Gasteiger partial charge in [-0.25, -0.2) is 0 Å². The van der Waals surface area contributed by atoms with Crippen LogP contribution in [-0.4, -0.2) is 32.7 Å². The molecular formula is C15H22N2O2. The highest BCUT2D eigenvalue weighted by Gasteiger charge is 2.25. The van der Waals surface area contributed by atoms with Gasteiger partial charge in [-0.3, -0.25) is 4.79 Å². The number of rotatable bonds is 6. The Morgan fingerprint density at radius 1 is 1.42 bits per heavy atom. The molecule has 0 aliphatic carbocycles. The summed E-state index contributed by atoms with van der Waals surface area (Å²) in [6, 6.07) is 8.17. The van der Waals surface area contributed by atoms with E-state index in [1.165, 1.54) is 5.56 Å². The smallest absolute Gasteiger partial charge is 0.228 e. The quantitative estimate of drug-likeness (QED) is 0.762. The molecule has 0 radical (unpaired) electrons. The third kappa shape index (κ3) is 3.78. The summed E-state index contributed by atoms with van der Waals surface area (Å²) in [4.78, 5) is 12.2. The van der Waals surface area contributed by atoms with Gasteiger partial charge in [0.15, 0.2) is 0 Å². The van der Waals surface area contributed by atoms with Crippen molar-refractivity contribution in [2.45, 2.75) is 25.3 Å². The van der Waals surface area contributed by atoms with Crippen LogP contribution in [0.1, 0.15) is 29.9 Å². The summed E-state index contributed by atoms with van der Waals surface area (Å²) in [5.41, 5.74) is 2.39. The Labute approximate surface area is 114 Å². The number of methoxy groups -OCH3 is 1. The van der Waals surface area contributed by atoms with Gasteiger partial charge in [-0.2, -0.15) is 0 Å². The minimum Gasteiger partial charge on any atom is -0.385 e. The first-order chi connectivity index (χ1) is 9.33. The van der Waals surface area contributed by atoms with Gasteiger partial charge in [-0.1, -0.05) is 24.3 Å². The van der Waals surface area contributed by atoms with Crippen molar-refractivity contribution in [1.29, 1.82) is 0 Å². The highest BCUT2D eigenvalue weighted by atomic mass is 16.5. The molecule has 1 unspecified atom stereocenters. The van der Waals surface area contributed by atoms with Crippen molar-refractivity contribution in [1.82, 2.24) is 10.6 Å². The van der Waals surface area contributed by atoms with E-state index in [-0.39, 0.29) is 11.8 Å². The second-order valence-corrected chi connectivity index (χ2v) is 4.87. The molecule has 4 nitrogen and oxygen atoms in total.